The molecule has 2 fully saturated rings. The molecule has 1 aliphatic carbocycles. The molecule has 0 spiro atoms. The van der Waals surface area contributed by atoms with Crippen LogP contribution in [0.25, 0.3) is 0 Å². The minimum absolute atomic E-state index is 0. The fraction of sp³-hybridized carbons (Fsp3) is 0.941. The third-order valence-corrected chi connectivity index (χ3v) is 5.92. The molecule has 4 nitrogen and oxygen atoms in total. The predicted molar refractivity (Wildman–Crippen MR) is 92.2 cm³/mol. The van der Waals surface area contributed by atoms with Gasteiger partial charge in [0.25, 0.3) is 0 Å². The van der Waals surface area contributed by atoms with E-state index in [4.69, 9.17) is 10.5 Å². The van der Waals surface area contributed by atoms with Crippen molar-refractivity contribution in [3.8, 4) is 0 Å². The molecule has 1 saturated heterocycles. The van der Waals surface area contributed by atoms with Crippen LogP contribution in [0.15, 0.2) is 0 Å². The topological polar surface area (TPSA) is 55.6 Å². The Hall–Kier alpha value is -0.320. The van der Waals surface area contributed by atoms with Crippen LogP contribution in [0.1, 0.15) is 59.8 Å². The Balaban J connectivity index is 0.00000242. The van der Waals surface area contributed by atoms with Gasteiger partial charge in [-0.25, -0.2) is 0 Å². The number of nitrogens with zero attached hydrogens (tertiary/aromatic N) is 1. The second kappa shape index (κ2) is 7.50. The molecule has 3 atom stereocenters. The summed E-state index contributed by atoms with van der Waals surface area (Å²) in [6.45, 7) is 10.8. The minimum atomic E-state index is -0.751. The summed E-state index contributed by atoms with van der Waals surface area (Å²) in [5, 5.41) is 0. The highest BCUT2D eigenvalue weighted by molar-refractivity contribution is 5.89. The van der Waals surface area contributed by atoms with E-state index in [9.17, 15) is 4.79 Å². The molecule has 0 bridgehead atoms. The van der Waals surface area contributed by atoms with Crippen molar-refractivity contribution < 1.29 is 9.53 Å². The molecule has 0 radical (unpaired) electrons. The van der Waals surface area contributed by atoms with E-state index in [0.29, 0.717) is 13.0 Å². The lowest BCUT2D eigenvalue weighted by atomic mass is 9.54. The Morgan fingerprint density at radius 1 is 1.27 bits per heavy atom. The number of rotatable bonds is 4. The molecular weight excluding hydrogens is 300 g/mol. The summed E-state index contributed by atoms with van der Waals surface area (Å²) in [5.74, 6) is 0.905. The van der Waals surface area contributed by atoms with Gasteiger partial charge in [-0.2, -0.15) is 0 Å². The zero-order chi connectivity index (χ0) is 15.7. The number of carbonyl (C=O) groups excluding carboxylic acids is 1. The second-order valence-electron chi connectivity index (χ2n) is 7.34. The summed E-state index contributed by atoms with van der Waals surface area (Å²) in [7, 11) is 0. The van der Waals surface area contributed by atoms with Crippen molar-refractivity contribution in [3.63, 3.8) is 0 Å². The van der Waals surface area contributed by atoms with Crippen LogP contribution in [-0.2, 0) is 9.53 Å². The van der Waals surface area contributed by atoms with Crippen LogP contribution in [0.4, 0.5) is 0 Å². The lowest BCUT2D eigenvalue weighted by molar-refractivity contribution is -0.179. The number of carbonyl (C=O) groups is 1. The number of amides is 1. The van der Waals surface area contributed by atoms with Gasteiger partial charge in [-0.3, -0.25) is 4.79 Å². The van der Waals surface area contributed by atoms with Gasteiger partial charge in [0, 0.05) is 31.5 Å². The molecule has 1 heterocycles. The molecule has 5 heteroatoms. The van der Waals surface area contributed by atoms with Crippen LogP contribution in [0, 0.1) is 11.3 Å². The zero-order valence-electron chi connectivity index (χ0n) is 14.6. The molecule has 0 aromatic heterocycles. The number of halogens is 1. The summed E-state index contributed by atoms with van der Waals surface area (Å²) in [6.07, 6.45) is 5.44. The lowest BCUT2D eigenvalue weighted by Gasteiger charge is -2.58. The summed E-state index contributed by atoms with van der Waals surface area (Å²) in [5.41, 5.74) is 5.49. The number of hydrogen-bond donors (Lipinski definition) is 1. The molecule has 3 unspecified atom stereocenters. The van der Waals surface area contributed by atoms with Gasteiger partial charge >= 0.3 is 0 Å². The van der Waals surface area contributed by atoms with Crippen molar-refractivity contribution in [3.05, 3.63) is 0 Å². The zero-order valence-corrected chi connectivity index (χ0v) is 15.4. The van der Waals surface area contributed by atoms with Gasteiger partial charge in [-0.05, 0) is 32.1 Å². The van der Waals surface area contributed by atoms with E-state index >= 15 is 0 Å². The quantitative estimate of drug-likeness (QED) is 0.861. The normalized spacial score (nSPS) is 34.3. The van der Waals surface area contributed by atoms with Crippen LogP contribution in [-0.4, -0.2) is 42.1 Å². The maximum absolute atomic E-state index is 13.0. The van der Waals surface area contributed by atoms with Crippen molar-refractivity contribution in [2.24, 2.45) is 17.1 Å². The number of hydrogen-bond acceptors (Lipinski definition) is 3. The number of ether oxygens (including phenoxy) is 1. The van der Waals surface area contributed by atoms with Crippen LogP contribution in [0.3, 0.4) is 0 Å². The van der Waals surface area contributed by atoms with Crippen LogP contribution < -0.4 is 5.73 Å². The van der Waals surface area contributed by atoms with Gasteiger partial charge < -0.3 is 15.4 Å². The lowest BCUT2D eigenvalue weighted by Crippen LogP contribution is -2.76. The van der Waals surface area contributed by atoms with Gasteiger partial charge in [-0.1, -0.05) is 27.2 Å². The average Bonchev–Trinajstić information content (AvgIpc) is 2.71. The van der Waals surface area contributed by atoms with Crippen molar-refractivity contribution in [1.82, 2.24) is 4.90 Å². The first-order valence-electron chi connectivity index (χ1n) is 8.56. The maximum atomic E-state index is 13.0. The summed E-state index contributed by atoms with van der Waals surface area (Å²) in [4.78, 5) is 15.0. The van der Waals surface area contributed by atoms with Crippen LogP contribution in [0.2, 0.25) is 0 Å². The summed E-state index contributed by atoms with van der Waals surface area (Å²) < 4.78 is 5.73. The van der Waals surface area contributed by atoms with Crippen molar-refractivity contribution in [2.75, 3.05) is 19.7 Å². The van der Waals surface area contributed by atoms with E-state index in [1.807, 2.05) is 11.8 Å². The molecule has 2 rings (SSSR count). The predicted octanol–water partition coefficient (Wildman–Crippen LogP) is 2.98. The van der Waals surface area contributed by atoms with E-state index in [1.54, 1.807) is 0 Å². The molecular formula is C17H33ClN2O2. The SMILES string of the molecule is CCOC1CC(N)(C(=O)N2CCCC(CC)CC2)C1(C)C.Cl. The largest absolute Gasteiger partial charge is 0.378 e. The maximum Gasteiger partial charge on any atom is 0.243 e. The van der Waals surface area contributed by atoms with Crippen molar-refractivity contribution in [1.29, 1.82) is 0 Å². The van der Waals surface area contributed by atoms with Crippen LogP contribution in [0.5, 0.6) is 0 Å². The first-order chi connectivity index (χ1) is 9.86. The molecule has 1 amide bonds. The number of nitrogens with two attached hydrogens (primary N) is 1. The third-order valence-electron chi connectivity index (χ3n) is 5.92. The second-order valence-corrected chi connectivity index (χ2v) is 7.34. The third kappa shape index (κ3) is 3.29. The van der Waals surface area contributed by atoms with Gasteiger partial charge in [0.2, 0.25) is 5.91 Å². The standard InChI is InChI=1S/C17H32N2O2.ClH/c1-5-13-8-7-10-19(11-9-13)15(20)17(18)12-14(21-6-2)16(17,3)4;/h13-14H,5-12,18H2,1-4H3;1H. The van der Waals surface area contributed by atoms with Crippen LogP contribution >= 0.6 is 12.4 Å². The Labute approximate surface area is 141 Å². The minimum Gasteiger partial charge on any atom is -0.378 e. The van der Waals surface area contributed by atoms with Gasteiger partial charge in [0.15, 0.2) is 0 Å². The smallest absolute Gasteiger partial charge is 0.243 e. The Morgan fingerprint density at radius 2 is 1.95 bits per heavy atom. The van der Waals surface area contributed by atoms with Gasteiger partial charge in [-0.15, -0.1) is 12.4 Å². The van der Waals surface area contributed by atoms with Crippen molar-refractivity contribution >= 4 is 18.3 Å². The van der Waals surface area contributed by atoms with Gasteiger partial charge in [0.05, 0.1) is 6.10 Å². The molecule has 2 aliphatic rings. The highest BCUT2D eigenvalue weighted by Gasteiger charge is 2.63. The highest BCUT2D eigenvalue weighted by atomic mass is 35.5. The highest BCUT2D eigenvalue weighted by Crippen LogP contribution is 2.50. The Kier molecular flexibility index (Phi) is 6.72. The summed E-state index contributed by atoms with van der Waals surface area (Å²) in [6, 6.07) is 0. The Bertz CT molecular complexity index is 389. The molecule has 0 aromatic carbocycles. The average molecular weight is 333 g/mol. The molecule has 1 saturated carbocycles. The monoisotopic (exact) mass is 332 g/mol. The first kappa shape index (κ1) is 19.7. The van der Waals surface area contributed by atoms with E-state index < -0.39 is 5.54 Å². The summed E-state index contributed by atoms with van der Waals surface area (Å²) >= 11 is 0. The molecule has 1 aliphatic heterocycles. The van der Waals surface area contributed by atoms with E-state index in [0.717, 1.165) is 31.8 Å². The van der Waals surface area contributed by atoms with E-state index in [-0.39, 0.29) is 29.8 Å². The molecule has 2 N–H and O–H groups in total. The molecule has 130 valence electrons. The van der Waals surface area contributed by atoms with E-state index in [1.165, 1.54) is 12.8 Å². The first-order valence-corrected chi connectivity index (χ1v) is 8.56. The molecule has 22 heavy (non-hydrogen) atoms. The fourth-order valence-corrected chi connectivity index (χ4v) is 3.86. The van der Waals surface area contributed by atoms with E-state index in [2.05, 4.69) is 20.8 Å². The fourth-order valence-electron chi connectivity index (χ4n) is 3.86. The Morgan fingerprint density at radius 3 is 2.50 bits per heavy atom. The number of likely N-dealkylation sites (tertiary alicyclic amines) is 1. The van der Waals surface area contributed by atoms with Crippen molar-refractivity contribution in [2.45, 2.75) is 71.4 Å². The molecule has 0 aromatic rings. The van der Waals surface area contributed by atoms with Gasteiger partial charge in [0.1, 0.15) is 5.54 Å².